The van der Waals surface area contributed by atoms with E-state index in [0.717, 1.165) is 4.31 Å². The smallest absolute Gasteiger partial charge is 0.264 e. The van der Waals surface area contributed by atoms with Crippen LogP contribution in [0.3, 0.4) is 0 Å². The summed E-state index contributed by atoms with van der Waals surface area (Å²) in [5.41, 5.74) is 0.598. The summed E-state index contributed by atoms with van der Waals surface area (Å²) in [6.07, 6.45) is 0. The third-order valence-corrected chi connectivity index (χ3v) is 7.00. The van der Waals surface area contributed by atoms with Crippen molar-refractivity contribution in [1.82, 2.24) is 0 Å². The van der Waals surface area contributed by atoms with E-state index in [1.54, 1.807) is 30.3 Å². The number of halogens is 2. The Hall–Kier alpha value is -2.94. The average Bonchev–Trinajstić information content (AvgIpc) is 2.80. The summed E-state index contributed by atoms with van der Waals surface area (Å²) in [5.74, 6) is 0.225. The van der Waals surface area contributed by atoms with Gasteiger partial charge in [0.15, 0.2) is 0 Å². The molecule has 0 aromatic heterocycles. The fraction of sp³-hybridized carbons (Fsp3) is 0.136. The standard InChI is InChI=1S/C22H20Cl2N2O5S/c1-30-16-8-10-17(11-9-16)32(28,29)26(20-5-3-4-6-21(20)31-2)14-22(27)25-15-7-12-18(23)19(24)13-15/h3-13H,14H2,1-2H3,(H,25,27). The van der Waals surface area contributed by atoms with Crippen LogP contribution in [0.1, 0.15) is 0 Å². The third-order valence-electron chi connectivity index (χ3n) is 4.49. The van der Waals surface area contributed by atoms with Crippen molar-refractivity contribution in [3.05, 3.63) is 76.8 Å². The molecular formula is C22H20Cl2N2O5S. The lowest BCUT2D eigenvalue weighted by molar-refractivity contribution is -0.114. The van der Waals surface area contributed by atoms with Crippen LogP contribution in [0.2, 0.25) is 10.0 Å². The van der Waals surface area contributed by atoms with Crippen molar-refractivity contribution in [2.45, 2.75) is 4.90 Å². The maximum absolute atomic E-state index is 13.5. The second-order valence-corrected chi connectivity index (χ2v) is 9.21. The number of amides is 1. The topological polar surface area (TPSA) is 84.9 Å². The lowest BCUT2D eigenvalue weighted by Gasteiger charge is -2.25. The summed E-state index contributed by atoms with van der Waals surface area (Å²) in [4.78, 5) is 12.8. The highest BCUT2D eigenvalue weighted by Crippen LogP contribution is 2.33. The molecule has 0 unspecified atom stereocenters. The first-order valence-electron chi connectivity index (χ1n) is 9.31. The van der Waals surface area contributed by atoms with Crippen LogP contribution in [0, 0.1) is 0 Å². The molecule has 1 amide bonds. The molecule has 0 heterocycles. The number of ether oxygens (including phenoxy) is 2. The first-order valence-corrected chi connectivity index (χ1v) is 11.5. The van der Waals surface area contributed by atoms with E-state index in [4.69, 9.17) is 32.7 Å². The van der Waals surface area contributed by atoms with Gasteiger partial charge in [0.05, 0.1) is 34.8 Å². The molecule has 168 valence electrons. The Morgan fingerprint density at radius 2 is 1.62 bits per heavy atom. The molecule has 0 saturated heterocycles. The van der Waals surface area contributed by atoms with Crippen molar-refractivity contribution >= 4 is 50.5 Å². The van der Waals surface area contributed by atoms with E-state index in [1.165, 1.54) is 50.6 Å². The van der Waals surface area contributed by atoms with Crippen LogP contribution in [-0.4, -0.2) is 35.1 Å². The van der Waals surface area contributed by atoms with Crippen LogP contribution in [-0.2, 0) is 14.8 Å². The maximum Gasteiger partial charge on any atom is 0.264 e. The van der Waals surface area contributed by atoms with Gasteiger partial charge in [0.25, 0.3) is 10.0 Å². The molecule has 10 heteroatoms. The highest BCUT2D eigenvalue weighted by atomic mass is 35.5. The fourth-order valence-electron chi connectivity index (χ4n) is 2.92. The van der Waals surface area contributed by atoms with Crippen LogP contribution in [0.5, 0.6) is 11.5 Å². The molecular weight excluding hydrogens is 475 g/mol. The number of nitrogens with zero attached hydrogens (tertiary/aromatic N) is 1. The van der Waals surface area contributed by atoms with Gasteiger partial charge >= 0.3 is 0 Å². The number of hydrogen-bond acceptors (Lipinski definition) is 5. The molecule has 0 aliphatic heterocycles. The highest BCUT2D eigenvalue weighted by molar-refractivity contribution is 7.92. The normalized spacial score (nSPS) is 11.0. The van der Waals surface area contributed by atoms with Crippen molar-refractivity contribution < 1.29 is 22.7 Å². The quantitative estimate of drug-likeness (QED) is 0.483. The van der Waals surface area contributed by atoms with E-state index in [2.05, 4.69) is 5.32 Å². The predicted molar refractivity (Wildman–Crippen MR) is 126 cm³/mol. The molecule has 1 N–H and O–H groups in total. The first-order chi connectivity index (χ1) is 15.3. The van der Waals surface area contributed by atoms with Crippen molar-refractivity contribution in [3.63, 3.8) is 0 Å². The Morgan fingerprint density at radius 3 is 2.25 bits per heavy atom. The summed E-state index contributed by atoms with van der Waals surface area (Å²) in [5, 5.41) is 3.24. The Bertz CT molecular complexity index is 1220. The molecule has 0 aliphatic rings. The van der Waals surface area contributed by atoms with E-state index in [9.17, 15) is 13.2 Å². The molecule has 0 aliphatic carbocycles. The van der Waals surface area contributed by atoms with E-state index in [-0.39, 0.29) is 15.6 Å². The van der Waals surface area contributed by atoms with Crippen LogP contribution in [0.25, 0.3) is 0 Å². The molecule has 0 bridgehead atoms. The van der Waals surface area contributed by atoms with E-state index < -0.39 is 22.5 Å². The molecule has 7 nitrogen and oxygen atoms in total. The zero-order chi connectivity index (χ0) is 23.3. The van der Waals surface area contributed by atoms with Gasteiger partial charge in [-0.1, -0.05) is 35.3 Å². The number of hydrogen-bond donors (Lipinski definition) is 1. The number of benzene rings is 3. The Balaban J connectivity index is 1.98. The number of rotatable bonds is 8. The Morgan fingerprint density at radius 1 is 0.938 bits per heavy atom. The number of carbonyl (C=O) groups excluding carboxylic acids is 1. The summed E-state index contributed by atoms with van der Waals surface area (Å²) < 4.78 is 38.4. The largest absolute Gasteiger partial charge is 0.497 e. The van der Waals surface area contributed by atoms with Crippen molar-refractivity contribution in [3.8, 4) is 11.5 Å². The number of nitrogens with one attached hydrogen (secondary N) is 1. The zero-order valence-corrected chi connectivity index (χ0v) is 19.5. The van der Waals surface area contributed by atoms with Gasteiger partial charge < -0.3 is 14.8 Å². The second kappa shape index (κ2) is 10.1. The number of methoxy groups -OCH3 is 2. The number of carbonyl (C=O) groups is 1. The zero-order valence-electron chi connectivity index (χ0n) is 17.2. The SMILES string of the molecule is COc1ccc(S(=O)(=O)N(CC(=O)Nc2ccc(Cl)c(Cl)c2)c2ccccc2OC)cc1. The second-order valence-electron chi connectivity index (χ2n) is 6.54. The average molecular weight is 495 g/mol. The summed E-state index contributed by atoms with van der Waals surface area (Å²) in [6, 6.07) is 17.0. The van der Waals surface area contributed by atoms with E-state index >= 15 is 0 Å². The molecule has 0 atom stereocenters. The molecule has 0 fully saturated rings. The van der Waals surface area contributed by atoms with E-state index in [0.29, 0.717) is 22.2 Å². The minimum Gasteiger partial charge on any atom is -0.497 e. The molecule has 3 aromatic rings. The number of anilines is 2. The van der Waals surface area contributed by atoms with Gasteiger partial charge in [-0.05, 0) is 54.6 Å². The lowest BCUT2D eigenvalue weighted by atomic mass is 10.3. The minimum atomic E-state index is -4.12. The third kappa shape index (κ3) is 5.27. The van der Waals surface area contributed by atoms with Crippen LogP contribution in [0.15, 0.2) is 71.6 Å². The van der Waals surface area contributed by atoms with Gasteiger partial charge in [-0.25, -0.2) is 8.42 Å². The molecule has 0 saturated carbocycles. The Labute approximate surface area is 196 Å². The predicted octanol–water partition coefficient (Wildman–Crippen LogP) is 4.84. The van der Waals surface area contributed by atoms with Gasteiger partial charge in [0, 0.05) is 5.69 Å². The summed E-state index contributed by atoms with van der Waals surface area (Å²) in [7, 11) is -1.22. The van der Waals surface area contributed by atoms with Gasteiger partial charge in [0.2, 0.25) is 5.91 Å². The van der Waals surface area contributed by atoms with Gasteiger partial charge in [0.1, 0.15) is 18.0 Å². The van der Waals surface area contributed by atoms with Gasteiger partial charge in [-0.15, -0.1) is 0 Å². The molecule has 0 spiro atoms. The monoisotopic (exact) mass is 494 g/mol. The minimum absolute atomic E-state index is 0.00783. The van der Waals surface area contributed by atoms with Crippen LogP contribution >= 0.6 is 23.2 Å². The van der Waals surface area contributed by atoms with Crippen LogP contribution in [0.4, 0.5) is 11.4 Å². The Kier molecular flexibility index (Phi) is 7.50. The molecule has 3 aromatic carbocycles. The van der Waals surface area contributed by atoms with Gasteiger partial charge in [-0.3, -0.25) is 9.10 Å². The molecule has 32 heavy (non-hydrogen) atoms. The van der Waals surface area contributed by atoms with Crippen molar-refractivity contribution in [1.29, 1.82) is 0 Å². The number of sulfonamides is 1. The lowest BCUT2D eigenvalue weighted by Crippen LogP contribution is -2.38. The first kappa shape index (κ1) is 23.7. The van der Waals surface area contributed by atoms with Crippen molar-refractivity contribution in [2.75, 3.05) is 30.4 Å². The molecule has 3 rings (SSSR count). The summed E-state index contributed by atoms with van der Waals surface area (Å²) >= 11 is 11.9. The maximum atomic E-state index is 13.5. The molecule has 0 radical (unpaired) electrons. The highest BCUT2D eigenvalue weighted by Gasteiger charge is 2.29. The van der Waals surface area contributed by atoms with Gasteiger partial charge in [-0.2, -0.15) is 0 Å². The summed E-state index contributed by atoms with van der Waals surface area (Å²) in [6.45, 7) is -0.505. The van der Waals surface area contributed by atoms with Crippen molar-refractivity contribution in [2.24, 2.45) is 0 Å². The van der Waals surface area contributed by atoms with Crippen LogP contribution < -0.4 is 19.1 Å². The fourth-order valence-corrected chi connectivity index (χ4v) is 4.64. The number of para-hydroxylation sites is 2. The van der Waals surface area contributed by atoms with E-state index in [1.807, 2.05) is 0 Å².